The summed E-state index contributed by atoms with van der Waals surface area (Å²) >= 11 is 0. The number of hydrogen-bond acceptors (Lipinski definition) is 4. The predicted octanol–water partition coefficient (Wildman–Crippen LogP) is 4.19. The number of likely N-dealkylation sites (tertiary alicyclic amines) is 1. The molecule has 1 saturated heterocycles. The molecule has 27 heavy (non-hydrogen) atoms. The minimum atomic E-state index is 0.800. The van der Waals surface area contributed by atoms with Gasteiger partial charge in [-0.25, -0.2) is 0 Å². The van der Waals surface area contributed by atoms with Crippen LogP contribution in [0.15, 0.2) is 53.2 Å². The third kappa shape index (κ3) is 6.26. The summed E-state index contributed by atoms with van der Waals surface area (Å²) in [7, 11) is 3.96. The molecule has 3 rings (SSSR count). The molecule has 4 heteroatoms. The summed E-state index contributed by atoms with van der Waals surface area (Å²) in [5.74, 6) is 2.73. The molecule has 0 aliphatic carbocycles. The number of nitrogens with zero attached hydrogens (tertiary/aromatic N) is 2. The second-order valence-electron chi connectivity index (χ2n) is 7.49. The van der Waals surface area contributed by atoms with Gasteiger partial charge in [0, 0.05) is 19.6 Å². The molecule has 4 nitrogen and oxygen atoms in total. The molecule has 0 radical (unpaired) electrons. The molecule has 2 aromatic rings. The quantitative estimate of drug-likeness (QED) is 0.664. The number of ether oxygens (including phenoxy) is 1. The summed E-state index contributed by atoms with van der Waals surface area (Å²) in [4.78, 5) is 5.01. The molecule has 1 aromatic carbocycles. The predicted molar refractivity (Wildman–Crippen MR) is 111 cm³/mol. The van der Waals surface area contributed by atoms with Gasteiger partial charge in [0.15, 0.2) is 0 Å². The van der Waals surface area contributed by atoms with Crippen molar-refractivity contribution >= 4 is 6.08 Å². The van der Waals surface area contributed by atoms with E-state index in [1.807, 2.05) is 18.2 Å². The van der Waals surface area contributed by atoms with Crippen molar-refractivity contribution in [3.63, 3.8) is 0 Å². The molecule has 0 amide bonds. The van der Waals surface area contributed by atoms with E-state index in [0.29, 0.717) is 0 Å². The maximum absolute atomic E-state index is 5.47. The third-order valence-electron chi connectivity index (χ3n) is 5.41. The zero-order chi connectivity index (χ0) is 18.9. The number of rotatable bonds is 9. The Morgan fingerprint density at radius 3 is 2.74 bits per heavy atom. The van der Waals surface area contributed by atoms with Gasteiger partial charge in [-0.2, -0.15) is 0 Å². The van der Waals surface area contributed by atoms with E-state index in [9.17, 15) is 0 Å². The molecule has 0 unspecified atom stereocenters. The number of furan rings is 1. The van der Waals surface area contributed by atoms with Crippen molar-refractivity contribution < 1.29 is 9.15 Å². The topological polar surface area (TPSA) is 28.9 Å². The Bertz CT molecular complexity index is 688. The highest BCUT2D eigenvalue weighted by Crippen LogP contribution is 2.21. The van der Waals surface area contributed by atoms with Gasteiger partial charge in [0.2, 0.25) is 0 Å². The fourth-order valence-electron chi connectivity index (χ4n) is 3.83. The van der Waals surface area contributed by atoms with E-state index in [4.69, 9.17) is 9.15 Å². The van der Waals surface area contributed by atoms with Crippen LogP contribution in [-0.4, -0.2) is 56.7 Å². The molecule has 146 valence electrons. The van der Waals surface area contributed by atoms with Crippen molar-refractivity contribution in [2.45, 2.75) is 19.3 Å². The van der Waals surface area contributed by atoms with Gasteiger partial charge in [0.25, 0.3) is 0 Å². The normalized spacial score (nSPS) is 16.4. The number of likely N-dealkylation sites (N-methyl/N-ethyl adjacent to an activating group) is 1. The van der Waals surface area contributed by atoms with Crippen LogP contribution in [0.4, 0.5) is 0 Å². The Balaban J connectivity index is 1.35. The maximum Gasteiger partial charge on any atom is 0.126 e. The van der Waals surface area contributed by atoms with Crippen LogP contribution in [0, 0.1) is 5.92 Å². The van der Waals surface area contributed by atoms with Crippen molar-refractivity contribution in [1.82, 2.24) is 9.80 Å². The molecule has 0 atom stereocenters. The second-order valence-corrected chi connectivity index (χ2v) is 7.49. The first-order chi connectivity index (χ1) is 13.2. The first-order valence-electron chi connectivity index (χ1n) is 9.97. The largest absolute Gasteiger partial charge is 0.496 e. The summed E-state index contributed by atoms with van der Waals surface area (Å²) < 4.78 is 10.8. The monoisotopic (exact) mass is 368 g/mol. The molecule has 1 aliphatic rings. The minimum Gasteiger partial charge on any atom is -0.496 e. The van der Waals surface area contributed by atoms with E-state index in [1.54, 1.807) is 13.4 Å². The molecule has 1 fully saturated rings. The fourth-order valence-corrected chi connectivity index (χ4v) is 3.83. The molecule has 0 N–H and O–H groups in total. The molecular formula is C23H32N2O2. The molecular weight excluding hydrogens is 336 g/mol. The Labute approximate surface area is 163 Å². The highest BCUT2D eigenvalue weighted by Gasteiger charge is 2.20. The Kier molecular flexibility index (Phi) is 7.55. The molecule has 0 saturated carbocycles. The van der Waals surface area contributed by atoms with Crippen molar-refractivity contribution in [3.05, 3.63) is 60.1 Å². The van der Waals surface area contributed by atoms with Gasteiger partial charge in [-0.05, 0) is 75.2 Å². The summed E-state index contributed by atoms with van der Waals surface area (Å²) in [5, 5.41) is 0. The Hall–Kier alpha value is -2.04. The van der Waals surface area contributed by atoms with Gasteiger partial charge < -0.3 is 19.0 Å². The molecule has 2 heterocycles. The summed E-state index contributed by atoms with van der Waals surface area (Å²) in [6, 6.07) is 12.3. The Morgan fingerprint density at radius 2 is 2.00 bits per heavy atom. The zero-order valence-electron chi connectivity index (χ0n) is 16.6. The SMILES string of the molecule is COc1ccccc1CCN1CCC(CN(C)C/C=C/c2ccco2)CC1. The van der Waals surface area contributed by atoms with Crippen LogP contribution < -0.4 is 4.74 Å². The van der Waals surface area contributed by atoms with Crippen LogP contribution in [-0.2, 0) is 6.42 Å². The van der Waals surface area contributed by atoms with Crippen LogP contribution in [0.2, 0.25) is 0 Å². The molecule has 0 spiro atoms. The standard InChI is InChI=1S/C23H32N2O2/c1-24(14-5-8-22-9-6-18-27-22)19-20-11-15-25(16-12-20)17-13-21-7-3-4-10-23(21)26-2/h3-10,18,20H,11-17,19H2,1-2H3/b8-5+. The zero-order valence-corrected chi connectivity index (χ0v) is 16.6. The van der Waals surface area contributed by atoms with E-state index in [2.05, 4.69) is 47.2 Å². The van der Waals surface area contributed by atoms with E-state index in [0.717, 1.165) is 36.9 Å². The number of benzene rings is 1. The number of hydrogen-bond donors (Lipinski definition) is 0. The van der Waals surface area contributed by atoms with Gasteiger partial charge in [-0.15, -0.1) is 0 Å². The highest BCUT2D eigenvalue weighted by molar-refractivity contribution is 5.42. The molecule has 1 aliphatic heterocycles. The third-order valence-corrected chi connectivity index (χ3v) is 5.41. The van der Waals surface area contributed by atoms with Crippen molar-refractivity contribution in [3.8, 4) is 5.75 Å². The first kappa shape index (κ1) is 19.7. The average Bonchev–Trinajstić information content (AvgIpc) is 3.21. The smallest absolute Gasteiger partial charge is 0.126 e. The maximum atomic E-state index is 5.47. The lowest BCUT2D eigenvalue weighted by Crippen LogP contribution is -2.38. The van der Waals surface area contributed by atoms with Gasteiger partial charge in [-0.1, -0.05) is 24.3 Å². The van der Waals surface area contributed by atoms with Gasteiger partial charge in [0.1, 0.15) is 11.5 Å². The number of methoxy groups -OCH3 is 1. The van der Waals surface area contributed by atoms with Crippen LogP contribution in [0.3, 0.4) is 0 Å². The van der Waals surface area contributed by atoms with Gasteiger partial charge in [-0.3, -0.25) is 0 Å². The van der Waals surface area contributed by atoms with Crippen molar-refractivity contribution in [1.29, 1.82) is 0 Å². The number of piperidine rings is 1. The van der Waals surface area contributed by atoms with Crippen molar-refractivity contribution in [2.24, 2.45) is 5.92 Å². The average molecular weight is 369 g/mol. The van der Waals surface area contributed by atoms with Gasteiger partial charge >= 0.3 is 0 Å². The van der Waals surface area contributed by atoms with Crippen LogP contribution in [0.25, 0.3) is 6.08 Å². The second kappa shape index (κ2) is 10.3. The Morgan fingerprint density at radius 1 is 1.19 bits per heavy atom. The van der Waals surface area contributed by atoms with E-state index in [-0.39, 0.29) is 0 Å². The molecule has 1 aromatic heterocycles. The summed E-state index contributed by atoms with van der Waals surface area (Å²) in [5.41, 5.74) is 1.31. The van der Waals surface area contributed by atoms with Crippen LogP contribution in [0.1, 0.15) is 24.2 Å². The lowest BCUT2D eigenvalue weighted by molar-refractivity contribution is 0.159. The highest BCUT2D eigenvalue weighted by atomic mass is 16.5. The summed E-state index contributed by atoms with van der Waals surface area (Å²) in [6.45, 7) is 5.66. The van der Waals surface area contributed by atoms with Gasteiger partial charge in [0.05, 0.1) is 13.4 Å². The summed E-state index contributed by atoms with van der Waals surface area (Å²) in [6.07, 6.45) is 9.59. The molecule has 0 bridgehead atoms. The van der Waals surface area contributed by atoms with E-state index in [1.165, 1.54) is 38.0 Å². The van der Waals surface area contributed by atoms with E-state index < -0.39 is 0 Å². The van der Waals surface area contributed by atoms with E-state index >= 15 is 0 Å². The minimum absolute atomic E-state index is 0.800. The van der Waals surface area contributed by atoms with Crippen LogP contribution in [0.5, 0.6) is 5.75 Å². The first-order valence-corrected chi connectivity index (χ1v) is 9.97. The van der Waals surface area contributed by atoms with Crippen LogP contribution >= 0.6 is 0 Å². The fraction of sp³-hybridized carbons (Fsp3) is 0.478. The number of para-hydroxylation sites is 1. The lowest BCUT2D eigenvalue weighted by atomic mass is 9.96. The lowest BCUT2D eigenvalue weighted by Gasteiger charge is -2.33. The van der Waals surface area contributed by atoms with Crippen molar-refractivity contribution in [2.75, 3.05) is 46.9 Å².